The molecule has 0 saturated carbocycles. The minimum absolute atomic E-state index is 0.0152. The van der Waals surface area contributed by atoms with Gasteiger partial charge in [-0.05, 0) is 28.6 Å². The highest BCUT2D eigenvalue weighted by Gasteiger charge is 2.47. The van der Waals surface area contributed by atoms with Gasteiger partial charge < -0.3 is 14.3 Å². The lowest BCUT2D eigenvalue weighted by atomic mass is 9.88. The van der Waals surface area contributed by atoms with Crippen LogP contribution in [0, 0.1) is 11.8 Å². The van der Waals surface area contributed by atoms with E-state index < -0.39 is 14.4 Å². The van der Waals surface area contributed by atoms with E-state index in [4.69, 9.17) is 9.16 Å². The lowest BCUT2D eigenvalue weighted by Gasteiger charge is -2.46. The number of ether oxygens (including phenoxy) is 1. The smallest absolute Gasteiger partial charge is 0.200 e. The van der Waals surface area contributed by atoms with Gasteiger partial charge in [-0.15, -0.1) is 6.58 Å². The molecule has 0 spiro atoms. The number of rotatable bonds is 14. The Morgan fingerprint density at radius 1 is 0.933 bits per heavy atom. The summed E-state index contributed by atoms with van der Waals surface area (Å²) < 4.78 is 13.1. The van der Waals surface area contributed by atoms with Crippen LogP contribution >= 0.6 is 0 Å². The normalized spacial score (nSPS) is 16.7. The number of benzene rings is 1. The molecule has 1 N–H and O–H groups in total. The van der Waals surface area contributed by atoms with Crippen LogP contribution in [-0.2, 0) is 15.8 Å². The van der Waals surface area contributed by atoms with E-state index in [1.807, 2.05) is 31.2 Å². The van der Waals surface area contributed by atoms with Gasteiger partial charge in [0.15, 0.2) is 0 Å². The maximum atomic E-state index is 10.9. The van der Waals surface area contributed by atoms with Gasteiger partial charge in [0.25, 0.3) is 0 Å². The zero-order valence-electron chi connectivity index (χ0n) is 20.6. The third-order valence-electron chi connectivity index (χ3n) is 6.76. The molecule has 0 aromatic heterocycles. The summed E-state index contributed by atoms with van der Waals surface area (Å²) >= 11 is 0. The number of aliphatic hydroxyl groups excluding tert-OH is 1. The molecule has 0 aliphatic heterocycles. The van der Waals surface area contributed by atoms with E-state index in [-0.39, 0.29) is 17.9 Å². The minimum atomic E-state index is -2.06. The molecule has 1 aromatic carbocycles. The maximum Gasteiger partial charge on any atom is 0.200 e. The van der Waals surface area contributed by atoms with Crippen molar-refractivity contribution in [2.75, 3.05) is 6.61 Å². The van der Waals surface area contributed by atoms with Crippen molar-refractivity contribution in [1.29, 1.82) is 0 Å². The second-order valence-electron chi connectivity index (χ2n) is 9.75. The summed E-state index contributed by atoms with van der Waals surface area (Å²) in [6.45, 7) is 23.1. The Balaban J connectivity index is 2.99. The fourth-order valence-electron chi connectivity index (χ4n) is 4.90. The molecule has 1 aromatic rings. The van der Waals surface area contributed by atoms with Gasteiger partial charge in [-0.3, -0.25) is 0 Å². The van der Waals surface area contributed by atoms with Gasteiger partial charge in [0.05, 0.1) is 18.8 Å². The Morgan fingerprint density at radius 3 is 1.93 bits per heavy atom. The van der Waals surface area contributed by atoms with Crippen molar-refractivity contribution in [3.8, 4) is 0 Å². The molecule has 0 aliphatic rings. The Bertz CT molecular complexity index is 578. The quantitative estimate of drug-likeness (QED) is 0.195. The van der Waals surface area contributed by atoms with E-state index in [1.54, 1.807) is 0 Å². The van der Waals surface area contributed by atoms with Gasteiger partial charge in [0, 0.05) is 18.4 Å². The van der Waals surface area contributed by atoms with Gasteiger partial charge in [-0.25, -0.2) is 0 Å². The molecule has 1 rings (SSSR count). The minimum Gasteiger partial charge on any atom is -0.413 e. The molecule has 0 heterocycles. The highest BCUT2D eigenvalue weighted by molar-refractivity contribution is 6.77. The molecule has 3 nitrogen and oxygen atoms in total. The predicted molar refractivity (Wildman–Crippen MR) is 131 cm³/mol. The second-order valence-corrected chi connectivity index (χ2v) is 15.2. The van der Waals surface area contributed by atoms with Crippen molar-refractivity contribution >= 4 is 8.32 Å². The summed E-state index contributed by atoms with van der Waals surface area (Å²) in [6, 6.07) is 10.3. The molecule has 0 unspecified atom stereocenters. The van der Waals surface area contributed by atoms with E-state index >= 15 is 0 Å². The van der Waals surface area contributed by atoms with Crippen LogP contribution in [0.4, 0.5) is 0 Å². The molecule has 30 heavy (non-hydrogen) atoms. The lowest BCUT2D eigenvalue weighted by molar-refractivity contribution is -0.0101. The van der Waals surface area contributed by atoms with Crippen LogP contribution in [-0.4, -0.2) is 32.2 Å². The van der Waals surface area contributed by atoms with E-state index in [2.05, 4.69) is 67.2 Å². The van der Waals surface area contributed by atoms with Crippen LogP contribution in [0.25, 0.3) is 0 Å². The van der Waals surface area contributed by atoms with Crippen LogP contribution in [0.1, 0.15) is 67.4 Å². The van der Waals surface area contributed by atoms with Crippen molar-refractivity contribution in [1.82, 2.24) is 0 Å². The van der Waals surface area contributed by atoms with Gasteiger partial charge in [0.1, 0.15) is 0 Å². The average Bonchev–Trinajstić information content (AvgIpc) is 2.71. The zero-order chi connectivity index (χ0) is 22.9. The maximum absolute atomic E-state index is 10.9. The zero-order valence-corrected chi connectivity index (χ0v) is 21.6. The van der Waals surface area contributed by atoms with E-state index in [1.165, 1.54) is 5.56 Å². The fourth-order valence-corrected chi connectivity index (χ4v) is 10.6. The molecule has 4 atom stereocenters. The summed E-state index contributed by atoms with van der Waals surface area (Å²) in [4.78, 5) is 0. The van der Waals surface area contributed by atoms with Crippen LogP contribution in [0.2, 0.25) is 16.6 Å². The van der Waals surface area contributed by atoms with Crippen molar-refractivity contribution in [2.45, 2.75) is 97.2 Å². The summed E-state index contributed by atoms with van der Waals surface area (Å²) in [5.41, 5.74) is 2.70. The predicted octanol–water partition coefficient (Wildman–Crippen LogP) is 6.97. The van der Waals surface area contributed by atoms with Gasteiger partial charge in [-0.2, -0.15) is 0 Å². The molecular formula is C26H46O3Si. The molecule has 0 radical (unpaired) electrons. The highest BCUT2D eigenvalue weighted by Crippen LogP contribution is 2.44. The number of hydrogen-bond acceptors (Lipinski definition) is 3. The summed E-state index contributed by atoms with van der Waals surface area (Å²) in [5.74, 6) is 0.0472. The molecular weight excluding hydrogens is 388 g/mol. The third kappa shape index (κ3) is 7.05. The third-order valence-corrected chi connectivity index (χ3v) is 12.9. The molecule has 172 valence electrons. The Hall–Kier alpha value is -0.943. The second kappa shape index (κ2) is 12.8. The Kier molecular flexibility index (Phi) is 11.6. The van der Waals surface area contributed by atoms with E-state index in [0.717, 1.165) is 6.42 Å². The highest BCUT2D eigenvalue weighted by atomic mass is 28.4. The largest absolute Gasteiger partial charge is 0.413 e. The molecule has 0 amide bonds. The first-order valence-corrected chi connectivity index (χ1v) is 13.8. The standard InChI is InChI=1S/C26H46O3Si/c1-10-22(8)26(27)23(9)25(16-17-28-18-24-14-12-11-13-15-24)29-30(19(2)3,20(4)5)21(6)7/h10-15,19-23,25-27H,1,16-18H2,2-9H3/t22-,23-,25-,26+/m0/s1. The summed E-state index contributed by atoms with van der Waals surface area (Å²) in [5, 5.41) is 10.9. The van der Waals surface area contributed by atoms with E-state index in [9.17, 15) is 5.11 Å². The topological polar surface area (TPSA) is 38.7 Å². The monoisotopic (exact) mass is 434 g/mol. The Labute approximate surface area is 187 Å². The molecule has 0 bridgehead atoms. The van der Waals surface area contributed by atoms with Crippen molar-refractivity contribution < 1.29 is 14.3 Å². The summed E-state index contributed by atoms with van der Waals surface area (Å²) in [6.07, 6.45) is 2.12. The first-order valence-electron chi connectivity index (χ1n) is 11.7. The van der Waals surface area contributed by atoms with Gasteiger partial charge in [0.2, 0.25) is 8.32 Å². The Morgan fingerprint density at radius 2 is 1.47 bits per heavy atom. The van der Waals surface area contributed by atoms with Crippen molar-refractivity contribution in [2.24, 2.45) is 11.8 Å². The van der Waals surface area contributed by atoms with Crippen LogP contribution < -0.4 is 0 Å². The van der Waals surface area contributed by atoms with Crippen molar-refractivity contribution in [3.05, 3.63) is 48.6 Å². The summed E-state index contributed by atoms with van der Waals surface area (Å²) in [7, 11) is -2.06. The number of hydrogen-bond donors (Lipinski definition) is 1. The van der Waals surface area contributed by atoms with E-state index in [0.29, 0.717) is 29.8 Å². The fraction of sp³-hybridized carbons (Fsp3) is 0.692. The van der Waals surface area contributed by atoms with Crippen LogP contribution in [0.3, 0.4) is 0 Å². The first-order chi connectivity index (χ1) is 14.1. The first kappa shape index (κ1) is 27.1. The SMILES string of the molecule is C=C[C@H](C)[C@@H](O)[C@@H](C)[C@H](CCOCc1ccccc1)O[Si](C(C)C)(C(C)C)C(C)C. The lowest BCUT2D eigenvalue weighted by Crippen LogP contribution is -2.52. The average molecular weight is 435 g/mol. The number of aliphatic hydroxyl groups is 1. The molecule has 0 fully saturated rings. The molecule has 4 heteroatoms. The van der Waals surface area contributed by atoms with Gasteiger partial charge >= 0.3 is 0 Å². The van der Waals surface area contributed by atoms with Crippen molar-refractivity contribution in [3.63, 3.8) is 0 Å². The molecule has 0 aliphatic carbocycles. The van der Waals surface area contributed by atoms with Crippen LogP contribution in [0.15, 0.2) is 43.0 Å². The molecule has 0 saturated heterocycles. The van der Waals surface area contributed by atoms with Crippen LogP contribution in [0.5, 0.6) is 0 Å². The van der Waals surface area contributed by atoms with Gasteiger partial charge in [-0.1, -0.05) is 91.8 Å².